The molecule has 0 saturated carbocycles. The number of rotatable bonds is 35. The molecule has 1 saturated heterocycles. The van der Waals surface area contributed by atoms with E-state index in [0.717, 1.165) is 5.56 Å². The van der Waals surface area contributed by atoms with Gasteiger partial charge in [0.05, 0.1) is 55.8 Å². The predicted molar refractivity (Wildman–Crippen MR) is 328 cm³/mol. The molecule has 0 unspecified atom stereocenters. The van der Waals surface area contributed by atoms with Crippen LogP contribution < -0.4 is 48.7 Å². The average Bonchev–Trinajstić information content (AvgIpc) is 4.09. The molecule has 492 valence electrons. The number of carbonyl (C=O) groups excluding carboxylic acids is 12. The van der Waals surface area contributed by atoms with Crippen molar-refractivity contribution in [2.75, 3.05) is 19.8 Å². The Hall–Kier alpha value is -7.15. The maximum Gasteiger partial charge on any atom is 0.329 e. The lowest BCUT2D eigenvalue weighted by Gasteiger charge is -2.30. The van der Waals surface area contributed by atoms with Crippen LogP contribution in [0.25, 0.3) is 0 Å². The summed E-state index contributed by atoms with van der Waals surface area (Å²) in [5, 5.41) is 40.3. The van der Waals surface area contributed by atoms with Gasteiger partial charge in [-0.25, -0.2) is 4.79 Å². The Labute approximate surface area is 517 Å². The van der Waals surface area contributed by atoms with Crippen molar-refractivity contribution >= 4 is 76.4 Å². The van der Waals surface area contributed by atoms with E-state index in [1.165, 1.54) is 13.8 Å². The molecule has 2 aliphatic rings. The average molecular weight is 1240 g/mol. The van der Waals surface area contributed by atoms with Crippen LogP contribution in [-0.4, -0.2) is 155 Å². The molecule has 0 spiro atoms. The van der Waals surface area contributed by atoms with E-state index in [0.29, 0.717) is 38.5 Å². The summed E-state index contributed by atoms with van der Waals surface area (Å²) >= 11 is 0. The summed E-state index contributed by atoms with van der Waals surface area (Å²) < 4.78 is 5.80. The van der Waals surface area contributed by atoms with Crippen LogP contribution in [0.3, 0.4) is 0 Å². The summed E-state index contributed by atoms with van der Waals surface area (Å²) in [5.74, 6) is -16.0. The number of carbonyl (C=O) groups is 12. The minimum atomic E-state index is -1.61. The molecule has 25 heteroatoms. The Kier molecular flexibility index (Phi) is 31.6. The van der Waals surface area contributed by atoms with E-state index < -0.39 is 199 Å². The number of aliphatic hydroxyl groups is 2. The number of nitrogens with two attached hydrogens (primary N) is 2. The quantitative estimate of drug-likeness (QED) is 0.0429. The Bertz CT molecular complexity index is 2600. The number of hydrogen-bond donors (Lipinski definition) is 11. The van der Waals surface area contributed by atoms with Crippen LogP contribution in [0.2, 0.25) is 0 Å². The Morgan fingerprint density at radius 1 is 0.670 bits per heavy atom. The van der Waals surface area contributed by atoms with Gasteiger partial charge in [-0.2, -0.15) is 0 Å². The molecule has 7 amide bonds. The highest BCUT2D eigenvalue weighted by Crippen LogP contribution is 2.26. The van der Waals surface area contributed by atoms with E-state index in [-0.39, 0.29) is 43.6 Å². The van der Waals surface area contributed by atoms with Crippen molar-refractivity contribution in [2.45, 2.75) is 208 Å². The van der Waals surface area contributed by atoms with Gasteiger partial charge < -0.3 is 63.6 Å². The molecule has 0 bridgehead atoms. The van der Waals surface area contributed by atoms with Crippen LogP contribution in [0.15, 0.2) is 35.3 Å². The molecule has 3 rings (SSSR count). The van der Waals surface area contributed by atoms with E-state index in [1.54, 1.807) is 48.5 Å². The van der Waals surface area contributed by atoms with Gasteiger partial charge in [0, 0.05) is 49.9 Å². The highest BCUT2D eigenvalue weighted by molar-refractivity contribution is 5.99. The van der Waals surface area contributed by atoms with Gasteiger partial charge in [0.1, 0.15) is 24.2 Å². The Morgan fingerprint density at radius 2 is 1.23 bits per heavy atom. The third kappa shape index (κ3) is 22.8. The van der Waals surface area contributed by atoms with Gasteiger partial charge in [0.25, 0.3) is 0 Å². The molecule has 25 nitrogen and oxygen atoms in total. The fourth-order valence-corrected chi connectivity index (χ4v) is 10.7. The summed E-state index contributed by atoms with van der Waals surface area (Å²) in [4.78, 5) is 171. The number of ether oxygens (including phenoxy) is 1. The Morgan fingerprint density at radius 3 is 1.74 bits per heavy atom. The molecule has 1 aromatic carbocycles. The summed E-state index contributed by atoms with van der Waals surface area (Å²) in [6.45, 7) is 17.2. The fourth-order valence-electron chi connectivity index (χ4n) is 10.7. The van der Waals surface area contributed by atoms with Crippen LogP contribution in [0, 0.1) is 53.3 Å². The van der Waals surface area contributed by atoms with Gasteiger partial charge in [-0.3, -0.25) is 57.7 Å². The topological polar surface area (TPSA) is 403 Å². The third-order valence-electron chi connectivity index (χ3n) is 17.6. The second-order valence-corrected chi connectivity index (χ2v) is 24.3. The first kappa shape index (κ1) is 75.1. The number of guanidine groups is 1. The standard InChI is InChI=1S/C63H100N10O15/c1-12-33(6)44(29-47(76)45(22-23-51(64)80)68-58(83)41(31-74)26-49(78)52(34(7)13-2)70-57(82)40(16-5)25-39-20-18-17-19-21-39)60(85)71-53(35(8)14-3)50(79)27-42(32-75)59(84)73-55-38(11)88-62(87)54(36(9)15-4)72-61(86)46(28-43-30-66-63(65)67-43)69-56(81)37(10)24-48(55)77/h17-21,33-38,40-46,52-55,74-75H,12-16,22-32H2,1-11H3,(H2,64,80)(H,68,83)(H,69,81)(H,70,82)(H,71,85)(H,72,86)(H,73,84)(H3,65,66,67)/t33-,34-,35-,36-,37+,38-,40+,41-,42-,43-,44+,45+,46-,52-,53-,54-,55+/m0/s1. The highest BCUT2D eigenvalue weighted by Gasteiger charge is 2.42. The first-order valence-corrected chi connectivity index (χ1v) is 31.3. The number of esters is 1. The van der Waals surface area contributed by atoms with Crippen LogP contribution in [0.5, 0.6) is 0 Å². The SMILES string of the molecule is CC[C@H](Cc1ccccc1)C(=O)N[C@H](C(=O)C[C@@H](CO)C(=O)N[C@H](CCC(N)=O)C(=O)C[C@@H](C(=O)N[C@H](C(=O)C[C@@H](CO)C(=O)N[C@H]1C(=O)C[C@@H](C)C(=O)N[C@@H](C[C@H]2CN=C(N)N2)C(=O)N[C@@H]([C@@H](C)CC)C(=O)O[C@H]1C)[C@@H](C)CC)[C@@H](C)CC)[C@@H](C)CC. The summed E-state index contributed by atoms with van der Waals surface area (Å²) in [7, 11) is 0. The molecular weight excluding hydrogens is 1140 g/mol. The number of benzene rings is 1. The smallest absolute Gasteiger partial charge is 0.329 e. The molecule has 0 aliphatic carbocycles. The van der Waals surface area contributed by atoms with Gasteiger partial charge in [-0.05, 0) is 61.8 Å². The van der Waals surface area contributed by atoms with E-state index in [4.69, 9.17) is 16.2 Å². The molecule has 0 aromatic heterocycles. The van der Waals surface area contributed by atoms with E-state index >= 15 is 0 Å². The molecule has 0 radical (unpaired) electrons. The number of aliphatic imine (C=N–C) groups is 1. The van der Waals surface area contributed by atoms with Crippen LogP contribution in [-0.2, 0) is 68.7 Å². The first-order chi connectivity index (χ1) is 41.6. The zero-order valence-corrected chi connectivity index (χ0v) is 53.3. The lowest BCUT2D eigenvalue weighted by atomic mass is 9.83. The van der Waals surface area contributed by atoms with E-state index in [9.17, 15) is 67.7 Å². The number of Topliss-reactive ketones (excluding diaryl/α,β-unsaturated/α-hetero) is 4. The molecule has 2 heterocycles. The maximum atomic E-state index is 14.5. The first-order valence-electron chi connectivity index (χ1n) is 31.3. The number of ketones is 4. The molecular formula is C63H100N10O15. The second-order valence-electron chi connectivity index (χ2n) is 24.3. The van der Waals surface area contributed by atoms with Crippen molar-refractivity contribution in [3.05, 3.63) is 35.9 Å². The number of nitrogens with zero attached hydrogens (tertiary/aromatic N) is 1. The summed E-state index contributed by atoms with van der Waals surface area (Å²) in [5.41, 5.74) is 12.2. The van der Waals surface area contributed by atoms with Gasteiger partial charge in [-0.1, -0.05) is 125 Å². The molecule has 1 fully saturated rings. The second kappa shape index (κ2) is 37.0. The van der Waals surface area contributed by atoms with Crippen molar-refractivity contribution in [3.63, 3.8) is 0 Å². The maximum absolute atomic E-state index is 14.5. The van der Waals surface area contributed by atoms with Crippen molar-refractivity contribution < 1.29 is 72.5 Å². The number of amides is 7. The zero-order valence-electron chi connectivity index (χ0n) is 53.3. The van der Waals surface area contributed by atoms with E-state index in [2.05, 4.69) is 42.2 Å². The highest BCUT2D eigenvalue weighted by atomic mass is 16.5. The van der Waals surface area contributed by atoms with Crippen molar-refractivity contribution in [1.82, 2.24) is 37.2 Å². The van der Waals surface area contributed by atoms with Crippen LogP contribution in [0.1, 0.15) is 159 Å². The summed E-state index contributed by atoms with van der Waals surface area (Å²) in [6.07, 6.45) is -1.69. The van der Waals surface area contributed by atoms with Gasteiger partial charge in [-0.15, -0.1) is 0 Å². The third-order valence-corrected chi connectivity index (χ3v) is 17.6. The number of aliphatic hydroxyl groups excluding tert-OH is 2. The van der Waals surface area contributed by atoms with Crippen molar-refractivity contribution in [2.24, 2.45) is 69.7 Å². The summed E-state index contributed by atoms with van der Waals surface area (Å²) in [6, 6.07) is 1.24. The predicted octanol–water partition coefficient (Wildman–Crippen LogP) is 1.54. The van der Waals surface area contributed by atoms with E-state index in [1.807, 2.05) is 44.2 Å². The fraction of sp³-hybridized carbons (Fsp3) is 0.698. The largest absolute Gasteiger partial charge is 0.458 e. The number of primary amides is 1. The Balaban J connectivity index is 1.85. The zero-order chi connectivity index (χ0) is 66.1. The number of hydrogen-bond acceptors (Lipinski definition) is 18. The van der Waals surface area contributed by atoms with Crippen LogP contribution in [0.4, 0.5) is 0 Å². The molecule has 2 aliphatic heterocycles. The minimum absolute atomic E-state index is 0.0303. The van der Waals surface area contributed by atoms with Crippen LogP contribution >= 0.6 is 0 Å². The molecule has 88 heavy (non-hydrogen) atoms. The molecule has 1 aromatic rings. The van der Waals surface area contributed by atoms with Gasteiger partial charge >= 0.3 is 5.97 Å². The van der Waals surface area contributed by atoms with Crippen molar-refractivity contribution in [3.8, 4) is 0 Å². The normalized spacial score (nSPS) is 22.9. The number of cyclic esters (lactones) is 1. The molecule has 17 atom stereocenters. The lowest BCUT2D eigenvalue weighted by Crippen LogP contribution is -2.56. The van der Waals surface area contributed by atoms with Crippen molar-refractivity contribution in [1.29, 1.82) is 0 Å². The molecule has 13 N–H and O–H groups in total. The van der Waals surface area contributed by atoms with Gasteiger partial charge in [0.15, 0.2) is 29.1 Å². The number of nitrogens with one attached hydrogen (secondary N) is 7. The lowest BCUT2D eigenvalue weighted by molar-refractivity contribution is -0.157. The monoisotopic (exact) mass is 1240 g/mol. The van der Waals surface area contributed by atoms with Gasteiger partial charge in [0.2, 0.25) is 41.4 Å². The minimum Gasteiger partial charge on any atom is -0.458 e.